The molecule has 11 rings (SSSR count). The van der Waals surface area contributed by atoms with Crippen LogP contribution in [-0.2, 0) is 0 Å². The summed E-state index contributed by atoms with van der Waals surface area (Å²) in [5.74, 6) is 3.10. The smallest absolute Gasteiger partial charge is 0.160 e. The van der Waals surface area contributed by atoms with E-state index in [0.29, 0.717) is 11.6 Å². The molecule has 2 aliphatic rings. The average molecular weight is 832 g/mol. The molecule has 0 amide bonds. The van der Waals surface area contributed by atoms with E-state index in [0.717, 1.165) is 109 Å². The van der Waals surface area contributed by atoms with E-state index in [1.54, 1.807) is 0 Å². The lowest BCUT2D eigenvalue weighted by atomic mass is 9.98. The van der Waals surface area contributed by atoms with Crippen LogP contribution in [0.5, 0.6) is 11.5 Å². The summed E-state index contributed by atoms with van der Waals surface area (Å²) in [5, 5.41) is 0. The fourth-order valence-electron chi connectivity index (χ4n) is 8.85. The number of aryl methyl sites for hydroxylation is 3. The van der Waals surface area contributed by atoms with Gasteiger partial charge < -0.3 is 19.4 Å². The molecule has 0 radical (unpaired) electrons. The van der Waals surface area contributed by atoms with Crippen LogP contribution in [0.25, 0.3) is 45.3 Å². The monoisotopic (exact) mass is 831 g/mol. The Labute approximate surface area is 373 Å². The topological polar surface area (TPSA) is 70.5 Å². The first-order chi connectivity index (χ1) is 31.4. The zero-order valence-electron chi connectivity index (χ0n) is 35.9. The van der Waals surface area contributed by atoms with Crippen molar-refractivity contribution in [2.24, 2.45) is 0 Å². The SMILES string of the molecule is Cc1ccc2c(c1)Oc1cc(N(c3ccccc3)c3ccccc3)ccc1N2C1CN(c2cc(-c3cc(C)nc(-c4ccccc4)n3)cc(-c3cc(C)nc(-c4ccccc4)n3)c2)C1. The van der Waals surface area contributed by atoms with Gasteiger partial charge in [-0.3, -0.25) is 0 Å². The minimum Gasteiger partial charge on any atom is -0.453 e. The number of aromatic nitrogens is 4. The van der Waals surface area contributed by atoms with Gasteiger partial charge in [0.1, 0.15) is 0 Å². The highest BCUT2D eigenvalue weighted by Crippen LogP contribution is 2.51. The molecule has 8 heteroatoms. The molecule has 1 saturated heterocycles. The molecule has 2 aromatic heterocycles. The van der Waals surface area contributed by atoms with Gasteiger partial charge in [-0.25, -0.2) is 19.9 Å². The quantitative estimate of drug-likeness (QED) is 0.142. The first-order valence-corrected chi connectivity index (χ1v) is 21.8. The lowest BCUT2D eigenvalue weighted by molar-refractivity contribution is 0.447. The van der Waals surface area contributed by atoms with Crippen molar-refractivity contribution < 1.29 is 4.74 Å². The molecule has 0 spiro atoms. The molecule has 64 heavy (non-hydrogen) atoms. The number of rotatable bonds is 9. The van der Waals surface area contributed by atoms with Gasteiger partial charge in [-0.05, 0) is 105 Å². The van der Waals surface area contributed by atoms with Crippen molar-refractivity contribution in [2.75, 3.05) is 27.8 Å². The number of para-hydroxylation sites is 2. The summed E-state index contributed by atoms with van der Waals surface area (Å²) < 4.78 is 6.81. The van der Waals surface area contributed by atoms with Crippen LogP contribution >= 0.6 is 0 Å². The number of benzene rings is 7. The normalized spacial score (nSPS) is 13.1. The highest BCUT2D eigenvalue weighted by atomic mass is 16.5. The van der Waals surface area contributed by atoms with E-state index < -0.39 is 0 Å². The Morgan fingerprint density at radius 2 is 0.938 bits per heavy atom. The van der Waals surface area contributed by atoms with Crippen LogP contribution in [0, 0.1) is 20.8 Å². The second-order valence-corrected chi connectivity index (χ2v) is 16.6. The van der Waals surface area contributed by atoms with Crippen molar-refractivity contribution in [1.29, 1.82) is 0 Å². The van der Waals surface area contributed by atoms with Crippen molar-refractivity contribution in [3.63, 3.8) is 0 Å². The van der Waals surface area contributed by atoms with E-state index in [-0.39, 0.29) is 6.04 Å². The lowest BCUT2D eigenvalue weighted by Crippen LogP contribution is -2.59. The van der Waals surface area contributed by atoms with Crippen LogP contribution in [0.15, 0.2) is 188 Å². The first-order valence-electron chi connectivity index (χ1n) is 21.8. The molecule has 9 aromatic rings. The van der Waals surface area contributed by atoms with E-state index in [1.165, 1.54) is 0 Å². The third-order valence-electron chi connectivity index (χ3n) is 12.0. The zero-order chi connectivity index (χ0) is 43.1. The molecular formula is C56H45N7O. The highest BCUT2D eigenvalue weighted by molar-refractivity contribution is 5.85. The van der Waals surface area contributed by atoms with Crippen LogP contribution in [-0.4, -0.2) is 39.1 Å². The molecule has 7 aromatic carbocycles. The van der Waals surface area contributed by atoms with Crippen molar-refractivity contribution in [3.8, 4) is 56.8 Å². The summed E-state index contributed by atoms with van der Waals surface area (Å²) in [6.45, 7) is 7.78. The summed E-state index contributed by atoms with van der Waals surface area (Å²) in [6, 6.07) is 65.5. The number of fused-ring (bicyclic) bond motifs is 2. The fraction of sp³-hybridized carbons (Fsp3) is 0.107. The van der Waals surface area contributed by atoms with Crippen LogP contribution in [0.1, 0.15) is 17.0 Å². The predicted molar refractivity (Wildman–Crippen MR) is 259 cm³/mol. The molecule has 0 unspecified atom stereocenters. The Kier molecular flexibility index (Phi) is 9.88. The van der Waals surface area contributed by atoms with Crippen LogP contribution in [0.4, 0.5) is 34.1 Å². The number of hydrogen-bond donors (Lipinski definition) is 0. The molecule has 0 bridgehead atoms. The molecule has 4 heterocycles. The Morgan fingerprint density at radius 1 is 0.453 bits per heavy atom. The standard InChI is InChI=1S/C56H45N7O/c1-37-24-26-51-53(28-37)64-54-34-46(62(44-20-12-6-13-21-44)45-22-14-7-15-23-45)25-27-52(54)63(51)48-35-61(36-48)47-32-42(49-29-38(2)57-55(59-49)40-16-8-4-9-17-40)31-43(33-47)50-30-39(3)58-56(60-50)41-18-10-5-11-19-41/h4-34,48H,35-36H2,1-3H3. The van der Waals surface area contributed by atoms with Crippen LogP contribution in [0.2, 0.25) is 0 Å². The van der Waals surface area contributed by atoms with Gasteiger partial charge in [-0.2, -0.15) is 0 Å². The molecular weight excluding hydrogens is 787 g/mol. The second-order valence-electron chi connectivity index (χ2n) is 16.6. The molecule has 0 atom stereocenters. The molecule has 0 aliphatic carbocycles. The maximum absolute atomic E-state index is 6.81. The maximum Gasteiger partial charge on any atom is 0.160 e. The van der Waals surface area contributed by atoms with Crippen LogP contribution < -0.4 is 19.4 Å². The molecule has 2 aliphatic heterocycles. The van der Waals surface area contributed by atoms with Crippen LogP contribution in [0.3, 0.4) is 0 Å². The number of hydrogen-bond acceptors (Lipinski definition) is 8. The van der Waals surface area contributed by atoms with Crippen molar-refractivity contribution in [2.45, 2.75) is 26.8 Å². The molecule has 0 saturated carbocycles. The predicted octanol–water partition coefficient (Wildman–Crippen LogP) is 13.5. The van der Waals surface area contributed by atoms with E-state index in [4.69, 9.17) is 24.7 Å². The third-order valence-corrected chi connectivity index (χ3v) is 12.0. The lowest BCUT2D eigenvalue weighted by Gasteiger charge is -2.49. The zero-order valence-corrected chi connectivity index (χ0v) is 35.9. The molecule has 1 fully saturated rings. The summed E-state index contributed by atoms with van der Waals surface area (Å²) in [4.78, 5) is 27.2. The van der Waals surface area contributed by atoms with Crippen molar-refractivity contribution in [1.82, 2.24) is 19.9 Å². The number of ether oxygens (including phenoxy) is 1. The van der Waals surface area contributed by atoms with Gasteiger partial charge in [0.2, 0.25) is 0 Å². The fourth-order valence-corrected chi connectivity index (χ4v) is 8.85. The summed E-state index contributed by atoms with van der Waals surface area (Å²) in [6.07, 6.45) is 0. The van der Waals surface area contributed by atoms with Gasteiger partial charge in [0, 0.05) is 75.5 Å². The van der Waals surface area contributed by atoms with E-state index in [1.807, 2.05) is 50.2 Å². The molecule has 8 nitrogen and oxygen atoms in total. The maximum atomic E-state index is 6.81. The largest absolute Gasteiger partial charge is 0.453 e. The van der Waals surface area contributed by atoms with E-state index in [9.17, 15) is 0 Å². The second kappa shape index (κ2) is 16.3. The molecule has 310 valence electrons. The molecule has 0 N–H and O–H groups in total. The average Bonchev–Trinajstić information content (AvgIpc) is 3.31. The first kappa shape index (κ1) is 38.8. The Balaban J connectivity index is 0.976. The van der Waals surface area contributed by atoms with Gasteiger partial charge in [-0.1, -0.05) is 103 Å². The van der Waals surface area contributed by atoms with Crippen molar-refractivity contribution >= 4 is 34.1 Å². The van der Waals surface area contributed by atoms with Gasteiger partial charge in [0.25, 0.3) is 0 Å². The van der Waals surface area contributed by atoms with E-state index >= 15 is 0 Å². The van der Waals surface area contributed by atoms with Gasteiger partial charge >= 0.3 is 0 Å². The minimum atomic E-state index is 0.179. The Bertz CT molecular complexity index is 2990. The number of nitrogens with zero attached hydrogens (tertiary/aromatic N) is 7. The summed E-state index contributed by atoms with van der Waals surface area (Å²) in [7, 11) is 0. The Morgan fingerprint density at radius 3 is 1.47 bits per heavy atom. The summed E-state index contributed by atoms with van der Waals surface area (Å²) >= 11 is 0. The van der Waals surface area contributed by atoms with Gasteiger partial charge in [0.05, 0.1) is 28.8 Å². The van der Waals surface area contributed by atoms with Gasteiger partial charge in [0.15, 0.2) is 23.1 Å². The number of anilines is 6. The minimum absolute atomic E-state index is 0.179. The van der Waals surface area contributed by atoms with Gasteiger partial charge in [-0.15, -0.1) is 0 Å². The third kappa shape index (κ3) is 7.49. The summed E-state index contributed by atoms with van der Waals surface area (Å²) in [5.41, 5.74) is 15.1. The highest BCUT2D eigenvalue weighted by Gasteiger charge is 2.38. The van der Waals surface area contributed by atoms with Crippen molar-refractivity contribution in [3.05, 3.63) is 205 Å². The van der Waals surface area contributed by atoms with E-state index in [2.05, 4.69) is 173 Å². The Hall–Kier alpha value is -8.10.